The summed E-state index contributed by atoms with van der Waals surface area (Å²) < 4.78 is 63.3. The minimum atomic E-state index is -9.58. The van der Waals surface area contributed by atoms with E-state index in [-0.39, 0.29) is 5.69 Å². The molecule has 0 amide bonds. The zero-order valence-electron chi connectivity index (χ0n) is 32.9. The first-order chi connectivity index (χ1) is 25.4. The third kappa shape index (κ3) is 16.4. The molecule has 2 aliphatic carbocycles. The summed E-state index contributed by atoms with van der Waals surface area (Å²) in [5, 5.41) is 13.2. The molecule has 0 bridgehead atoms. The van der Waals surface area contributed by atoms with Gasteiger partial charge in [0.05, 0.1) is 0 Å². The van der Waals surface area contributed by atoms with Crippen LogP contribution in [0.3, 0.4) is 0 Å². The molecule has 310 valence electrons. The highest BCUT2D eigenvalue weighted by molar-refractivity contribution is 8.45. The number of hydrogen-bond donors (Lipinski definition) is 4. The van der Waals surface area contributed by atoms with Crippen molar-refractivity contribution in [3.63, 3.8) is 0 Å². The maximum atomic E-state index is 12.7. The second kappa shape index (κ2) is 21.3. The van der Waals surface area contributed by atoms with Crippen molar-refractivity contribution in [2.75, 3.05) is 116 Å². The lowest BCUT2D eigenvalue weighted by atomic mass is 9.89. The average Bonchev–Trinajstić information content (AvgIpc) is 3.73. The molecule has 4 N–H and O–H groups in total. The van der Waals surface area contributed by atoms with Gasteiger partial charge in [-0.05, 0) is 62.6 Å². The van der Waals surface area contributed by atoms with E-state index in [1.54, 1.807) is 4.90 Å². The van der Waals surface area contributed by atoms with Gasteiger partial charge in [-0.15, -0.1) is 0 Å². The van der Waals surface area contributed by atoms with Crippen molar-refractivity contribution in [3.05, 3.63) is 24.3 Å². The summed E-state index contributed by atoms with van der Waals surface area (Å²) in [6.45, 7) is 23.0. The number of piperazine rings is 4. The minimum Gasteiger partial charge on any atom is -0.369 e. The number of nitrogens with one attached hydrogen (secondary N) is 4. The maximum Gasteiger partial charge on any atom is 0.310 e. The molecular formula is C39H73F5N8S. The number of anilines is 1. The molecule has 8 nitrogen and oxygen atoms in total. The summed E-state index contributed by atoms with van der Waals surface area (Å²) in [7, 11) is -9.58. The minimum absolute atomic E-state index is 0.183. The molecule has 0 aromatic heterocycles. The lowest BCUT2D eigenvalue weighted by Gasteiger charge is -2.41. The third-order valence-corrected chi connectivity index (χ3v) is 12.9. The Morgan fingerprint density at radius 2 is 1.11 bits per heavy atom. The van der Waals surface area contributed by atoms with Crippen molar-refractivity contribution in [2.24, 2.45) is 5.92 Å². The van der Waals surface area contributed by atoms with Gasteiger partial charge in [-0.3, -0.25) is 9.80 Å². The Hall–Kier alpha value is -1.26. The Morgan fingerprint density at radius 3 is 1.64 bits per heavy atom. The molecule has 53 heavy (non-hydrogen) atoms. The van der Waals surface area contributed by atoms with Crippen molar-refractivity contribution >= 4 is 15.9 Å². The fraction of sp³-hybridized carbons (Fsp3) is 0.846. The van der Waals surface area contributed by atoms with E-state index in [9.17, 15) is 19.4 Å². The highest BCUT2D eigenvalue weighted by Crippen LogP contribution is 3.02. The van der Waals surface area contributed by atoms with Crippen molar-refractivity contribution in [1.29, 1.82) is 0 Å². The Labute approximate surface area is 318 Å². The van der Waals surface area contributed by atoms with Crippen LogP contribution in [0, 0.1) is 5.92 Å². The van der Waals surface area contributed by atoms with Gasteiger partial charge >= 0.3 is 10.2 Å². The topological polar surface area (TPSA) is 61.1 Å². The molecule has 6 fully saturated rings. The second-order valence-electron chi connectivity index (χ2n) is 15.7. The van der Waals surface area contributed by atoms with Crippen LogP contribution in [0.2, 0.25) is 0 Å². The van der Waals surface area contributed by atoms with Gasteiger partial charge in [0.2, 0.25) is 0 Å². The van der Waals surface area contributed by atoms with Gasteiger partial charge in [0.15, 0.2) is 0 Å². The summed E-state index contributed by atoms with van der Waals surface area (Å²) in [5.74, 6) is 1.02. The first-order valence-electron chi connectivity index (χ1n) is 21.0. The Bertz CT molecular complexity index is 1090. The monoisotopic (exact) mass is 781 g/mol. The highest BCUT2D eigenvalue weighted by atomic mass is 32.5. The molecule has 4 saturated heterocycles. The van der Waals surface area contributed by atoms with Crippen LogP contribution in [0.25, 0.3) is 0 Å². The lowest BCUT2D eigenvalue weighted by molar-refractivity contribution is 0.164. The average molecular weight is 781 g/mol. The van der Waals surface area contributed by atoms with Gasteiger partial charge in [0, 0.05) is 129 Å². The molecule has 4 heterocycles. The summed E-state index contributed by atoms with van der Waals surface area (Å²) in [6, 6.07) is 5.16. The SMILES string of the molecule is C1CCC(CN2CCNCC2)CC1.C1CCC(N2CCNCC2)C1.CCC(CC)N1CCNCC1.FS(F)(F)(F)(F)c1cccc(N2CCNCC2)c1. The van der Waals surface area contributed by atoms with Crippen LogP contribution >= 0.6 is 10.2 Å². The molecular weight excluding hydrogens is 708 g/mol. The van der Waals surface area contributed by atoms with E-state index in [0.29, 0.717) is 38.3 Å². The van der Waals surface area contributed by atoms with E-state index < -0.39 is 15.1 Å². The maximum absolute atomic E-state index is 12.7. The standard InChI is InChI=1S/C11H22N2.C10H13F5N2S.C9H18N2.C9H20N2/c1-2-4-11(5-3-1)10-13-8-6-12-7-9-13;11-18(12,13,14,15)10-3-1-2-9(8-10)17-6-4-16-5-7-17;1-2-4-9(3-1)11-7-5-10-6-8-11;1-3-9(4-2)11-7-5-10-6-8-11/h11-12H,1-10H2;1-3,8,16H,4-7H2;9-10H,1-8H2;9-10H,3-8H2,1-2H3. The van der Waals surface area contributed by atoms with Gasteiger partial charge in [0.1, 0.15) is 4.90 Å². The number of halogens is 5. The predicted molar refractivity (Wildman–Crippen MR) is 214 cm³/mol. The van der Waals surface area contributed by atoms with Crippen LogP contribution in [0.15, 0.2) is 29.2 Å². The van der Waals surface area contributed by atoms with E-state index in [4.69, 9.17) is 0 Å². The molecule has 7 rings (SSSR count). The molecule has 4 aliphatic heterocycles. The summed E-state index contributed by atoms with van der Waals surface area (Å²) in [6.07, 6.45) is 15.9. The molecule has 0 spiro atoms. The second-order valence-corrected chi connectivity index (χ2v) is 18.1. The molecule has 0 unspecified atom stereocenters. The van der Waals surface area contributed by atoms with Crippen LogP contribution in [0.5, 0.6) is 0 Å². The van der Waals surface area contributed by atoms with Crippen molar-refractivity contribution in [3.8, 4) is 0 Å². The quantitative estimate of drug-likeness (QED) is 0.208. The van der Waals surface area contributed by atoms with Gasteiger partial charge in [-0.25, -0.2) is 0 Å². The number of benzene rings is 1. The van der Waals surface area contributed by atoms with Crippen molar-refractivity contribution in [2.45, 2.75) is 101 Å². The smallest absolute Gasteiger partial charge is 0.310 e. The zero-order valence-corrected chi connectivity index (χ0v) is 33.7. The van der Waals surface area contributed by atoms with Crippen LogP contribution in [-0.2, 0) is 0 Å². The van der Waals surface area contributed by atoms with Gasteiger partial charge in [0.25, 0.3) is 0 Å². The fourth-order valence-corrected chi connectivity index (χ4v) is 9.32. The van der Waals surface area contributed by atoms with E-state index in [1.807, 2.05) is 0 Å². The van der Waals surface area contributed by atoms with Crippen molar-refractivity contribution < 1.29 is 19.4 Å². The van der Waals surface area contributed by atoms with E-state index in [0.717, 1.165) is 24.1 Å². The van der Waals surface area contributed by atoms with E-state index in [2.05, 4.69) is 49.8 Å². The molecule has 0 atom stereocenters. The zero-order chi connectivity index (χ0) is 38.1. The molecule has 6 aliphatic rings. The van der Waals surface area contributed by atoms with Gasteiger partial charge in [-0.2, -0.15) is 0 Å². The first-order valence-corrected chi connectivity index (χ1v) is 22.9. The van der Waals surface area contributed by atoms with E-state index in [1.165, 1.54) is 162 Å². The van der Waals surface area contributed by atoms with E-state index >= 15 is 0 Å². The summed E-state index contributed by atoms with van der Waals surface area (Å²) in [4.78, 5) is 7.75. The van der Waals surface area contributed by atoms with Crippen LogP contribution in [-0.4, -0.2) is 138 Å². The van der Waals surface area contributed by atoms with Gasteiger partial charge < -0.3 is 31.1 Å². The first kappa shape index (κ1) is 44.5. The molecule has 2 saturated carbocycles. The van der Waals surface area contributed by atoms with Crippen LogP contribution in [0.4, 0.5) is 25.1 Å². The number of rotatable bonds is 8. The molecule has 0 radical (unpaired) electrons. The largest absolute Gasteiger partial charge is 0.369 e. The predicted octanol–water partition coefficient (Wildman–Crippen LogP) is 7.14. The summed E-state index contributed by atoms with van der Waals surface area (Å²) >= 11 is 0. The number of nitrogens with zero attached hydrogens (tertiary/aromatic N) is 4. The number of hydrogen-bond acceptors (Lipinski definition) is 8. The molecule has 1 aromatic carbocycles. The highest BCUT2D eigenvalue weighted by Gasteiger charge is 2.65. The third-order valence-electron chi connectivity index (χ3n) is 11.8. The fourth-order valence-electron chi connectivity index (χ4n) is 8.64. The molecule has 1 aromatic rings. The van der Waals surface area contributed by atoms with Gasteiger partial charge in [-0.1, -0.05) is 71.4 Å². The Kier molecular flexibility index (Phi) is 17.9. The Balaban J connectivity index is 0.000000161. The van der Waals surface area contributed by atoms with Crippen LogP contribution < -0.4 is 26.2 Å². The summed E-state index contributed by atoms with van der Waals surface area (Å²) in [5.41, 5.74) is 0.183. The lowest BCUT2D eigenvalue weighted by Crippen LogP contribution is -2.48. The normalized spacial score (nSPS) is 24.5. The van der Waals surface area contributed by atoms with Crippen LogP contribution in [0.1, 0.15) is 84.5 Å². The van der Waals surface area contributed by atoms with Crippen molar-refractivity contribution in [1.82, 2.24) is 36.0 Å². The molecule has 14 heteroatoms. The Morgan fingerprint density at radius 1 is 0.623 bits per heavy atom.